The predicted molar refractivity (Wildman–Crippen MR) is 71.4 cm³/mol. The molecule has 7 heteroatoms. The average molecular weight is 286 g/mol. The molecule has 0 heterocycles. The lowest BCUT2D eigenvalue weighted by Gasteiger charge is -2.14. The zero-order chi connectivity index (χ0) is 14.5. The van der Waals surface area contributed by atoms with Crippen LogP contribution in [-0.2, 0) is 14.8 Å². The fourth-order valence-corrected chi connectivity index (χ4v) is 2.43. The van der Waals surface area contributed by atoms with E-state index in [1.165, 1.54) is 19.2 Å². The second-order valence-corrected chi connectivity index (χ2v) is 5.90. The van der Waals surface area contributed by atoms with Gasteiger partial charge in [-0.1, -0.05) is 17.7 Å². The van der Waals surface area contributed by atoms with Crippen molar-refractivity contribution < 1.29 is 17.9 Å². The number of hydrogen-bond donors (Lipinski definition) is 2. The molecule has 0 aliphatic rings. The van der Waals surface area contributed by atoms with Gasteiger partial charge in [-0.25, -0.2) is 17.9 Å². The van der Waals surface area contributed by atoms with Crippen LogP contribution in [0.15, 0.2) is 29.2 Å². The summed E-state index contributed by atoms with van der Waals surface area (Å²) in [6.07, 6.45) is -1.15. The number of benzene rings is 1. The highest BCUT2D eigenvalue weighted by atomic mass is 32.2. The topological polar surface area (TPSA) is 84.5 Å². The monoisotopic (exact) mass is 286 g/mol. The van der Waals surface area contributed by atoms with Crippen LogP contribution in [0.2, 0.25) is 0 Å². The Balaban J connectivity index is 2.61. The fourth-order valence-electron chi connectivity index (χ4n) is 1.31. The number of carbonyl (C=O) groups excluding carboxylic acids is 1. The lowest BCUT2D eigenvalue weighted by molar-refractivity contribution is 0.111. The highest BCUT2D eigenvalue weighted by Gasteiger charge is 2.16. The van der Waals surface area contributed by atoms with E-state index in [1.54, 1.807) is 19.1 Å². The second-order valence-electron chi connectivity index (χ2n) is 4.13. The van der Waals surface area contributed by atoms with E-state index in [4.69, 9.17) is 4.74 Å². The predicted octanol–water partition coefficient (Wildman–Crippen LogP) is 1.02. The van der Waals surface area contributed by atoms with Crippen molar-refractivity contribution in [3.8, 4) is 0 Å². The van der Waals surface area contributed by atoms with Gasteiger partial charge in [0.1, 0.15) is 6.10 Å². The molecule has 0 aliphatic carbocycles. The molecule has 0 unspecified atom stereocenters. The van der Waals surface area contributed by atoms with Gasteiger partial charge in [-0.2, -0.15) is 0 Å². The molecular formula is C12H18N2O4S. The lowest BCUT2D eigenvalue weighted by Crippen LogP contribution is -2.35. The second kappa shape index (κ2) is 6.53. The van der Waals surface area contributed by atoms with Gasteiger partial charge in [-0.05, 0) is 26.0 Å². The largest absolute Gasteiger partial charge is 0.445 e. The van der Waals surface area contributed by atoms with E-state index in [1.807, 2.05) is 6.92 Å². The molecule has 6 nitrogen and oxygen atoms in total. The van der Waals surface area contributed by atoms with E-state index >= 15 is 0 Å². The van der Waals surface area contributed by atoms with Crippen molar-refractivity contribution in [1.29, 1.82) is 0 Å². The number of carbonyl (C=O) groups is 1. The zero-order valence-corrected chi connectivity index (χ0v) is 12.0. The molecule has 0 aromatic heterocycles. The zero-order valence-electron chi connectivity index (χ0n) is 11.1. The summed E-state index contributed by atoms with van der Waals surface area (Å²) in [7, 11) is -2.14. The minimum atomic E-state index is -3.58. The minimum absolute atomic E-state index is 0.0175. The Morgan fingerprint density at radius 1 is 1.32 bits per heavy atom. The van der Waals surface area contributed by atoms with Crippen LogP contribution in [0.5, 0.6) is 0 Å². The minimum Gasteiger partial charge on any atom is -0.445 e. The number of sulfonamides is 1. The summed E-state index contributed by atoms with van der Waals surface area (Å²) in [4.78, 5) is 11.1. The molecule has 19 heavy (non-hydrogen) atoms. The van der Waals surface area contributed by atoms with Crippen LogP contribution in [0.1, 0.15) is 12.5 Å². The number of aryl methyl sites for hydroxylation is 1. The molecule has 0 saturated heterocycles. The fraction of sp³-hybridized carbons (Fsp3) is 0.417. The van der Waals surface area contributed by atoms with Crippen LogP contribution >= 0.6 is 0 Å². The van der Waals surface area contributed by atoms with Crippen molar-refractivity contribution in [3.63, 3.8) is 0 Å². The SMILES string of the molecule is CNC(=O)O[C@@H](C)CNS(=O)(=O)c1ccc(C)cc1. The number of ether oxygens (including phenoxy) is 1. The quantitative estimate of drug-likeness (QED) is 0.846. The highest BCUT2D eigenvalue weighted by Crippen LogP contribution is 2.09. The first-order chi connectivity index (χ1) is 8.85. The molecule has 0 fully saturated rings. The Labute approximate surface area is 113 Å². The smallest absolute Gasteiger partial charge is 0.407 e. The van der Waals surface area contributed by atoms with Crippen LogP contribution in [0.3, 0.4) is 0 Å². The Bertz CT molecular complexity index is 525. The van der Waals surface area contributed by atoms with E-state index in [2.05, 4.69) is 10.0 Å². The van der Waals surface area contributed by atoms with Crippen molar-refractivity contribution in [3.05, 3.63) is 29.8 Å². The van der Waals surface area contributed by atoms with Crippen molar-refractivity contribution in [2.45, 2.75) is 24.8 Å². The van der Waals surface area contributed by atoms with E-state index in [-0.39, 0.29) is 11.4 Å². The lowest BCUT2D eigenvalue weighted by atomic mass is 10.2. The summed E-state index contributed by atoms with van der Waals surface area (Å²) in [5.41, 5.74) is 0.982. The molecule has 0 aliphatic heterocycles. The van der Waals surface area contributed by atoms with Gasteiger partial charge in [-0.15, -0.1) is 0 Å². The van der Waals surface area contributed by atoms with Gasteiger partial charge in [-0.3, -0.25) is 0 Å². The normalized spacial score (nSPS) is 12.8. The molecule has 0 radical (unpaired) electrons. The number of hydrogen-bond acceptors (Lipinski definition) is 4. The summed E-state index contributed by atoms with van der Waals surface area (Å²) < 4.78 is 31.1. The Hall–Kier alpha value is -1.60. The molecule has 1 rings (SSSR count). The van der Waals surface area contributed by atoms with Crippen molar-refractivity contribution in [2.75, 3.05) is 13.6 Å². The third kappa shape index (κ3) is 4.88. The van der Waals surface area contributed by atoms with Crippen molar-refractivity contribution in [1.82, 2.24) is 10.0 Å². The van der Waals surface area contributed by atoms with Gasteiger partial charge >= 0.3 is 6.09 Å². The molecular weight excluding hydrogens is 268 g/mol. The van der Waals surface area contributed by atoms with Crippen LogP contribution < -0.4 is 10.0 Å². The standard InChI is InChI=1S/C12H18N2O4S/c1-9-4-6-11(7-5-9)19(16,17)14-8-10(2)18-12(15)13-3/h4-7,10,14H,8H2,1-3H3,(H,13,15)/t10-/m0/s1. The van der Waals surface area contributed by atoms with Crippen molar-refractivity contribution in [2.24, 2.45) is 0 Å². The van der Waals surface area contributed by atoms with Gasteiger partial charge < -0.3 is 10.1 Å². The van der Waals surface area contributed by atoms with Gasteiger partial charge in [0.2, 0.25) is 10.0 Å². The Kier molecular flexibility index (Phi) is 5.31. The van der Waals surface area contributed by atoms with Crippen LogP contribution in [0.25, 0.3) is 0 Å². The number of alkyl carbamates (subject to hydrolysis) is 1. The summed E-state index contributed by atoms with van der Waals surface area (Å²) in [5.74, 6) is 0. The maximum absolute atomic E-state index is 11.9. The van der Waals surface area contributed by atoms with Gasteiger partial charge in [0.25, 0.3) is 0 Å². The van der Waals surface area contributed by atoms with Gasteiger partial charge in [0, 0.05) is 13.6 Å². The molecule has 0 bridgehead atoms. The molecule has 0 saturated carbocycles. The summed E-state index contributed by atoms with van der Waals surface area (Å²) in [6.45, 7) is 3.50. The van der Waals surface area contributed by atoms with Gasteiger partial charge in [0.05, 0.1) is 4.90 Å². The van der Waals surface area contributed by atoms with Crippen molar-refractivity contribution >= 4 is 16.1 Å². The third-order valence-corrected chi connectivity index (χ3v) is 3.84. The Morgan fingerprint density at radius 2 is 1.89 bits per heavy atom. The number of amides is 1. The number of rotatable bonds is 5. The maximum Gasteiger partial charge on any atom is 0.407 e. The molecule has 1 atom stereocenters. The van der Waals surface area contributed by atoms with E-state index < -0.39 is 22.2 Å². The van der Waals surface area contributed by atoms with Gasteiger partial charge in [0.15, 0.2) is 0 Å². The van der Waals surface area contributed by atoms with E-state index in [9.17, 15) is 13.2 Å². The third-order valence-electron chi connectivity index (χ3n) is 2.40. The van der Waals surface area contributed by atoms with E-state index in [0.29, 0.717) is 0 Å². The summed E-state index contributed by atoms with van der Waals surface area (Å²) >= 11 is 0. The highest BCUT2D eigenvalue weighted by molar-refractivity contribution is 7.89. The summed E-state index contributed by atoms with van der Waals surface area (Å²) in [5, 5.41) is 2.29. The Morgan fingerprint density at radius 3 is 2.42 bits per heavy atom. The molecule has 1 aromatic rings. The van der Waals surface area contributed by atoms with Crippen LogP contribution in [0, 0.1) is 6.92 Å². The van der Waals surface area contributed by atoms with E-state index in [0.717, 1.165) is 5.56 Å². The molecule has 106 valence electrons. The average Bonchev–Trinajstić information content (AvgIpc) is 2.37. The first-order valence-corrected chi connectivity index (χ1v) is 7.28. The molecule has 1 amide bonds. The van der Waals surface area contributed by atoms with Crippen LogP contribution in [-0.4, -0.2) is 34.2 Å². The molecule has 1 aromatic carbocycles. The first-order valence-electron chi connectivity index (χ1n) is 5.80. The molecule has 0 spiro atoms. The molecule has 2 N–H and O–H groups in total. The first kappa shape index (κ1) is 15.5. The van der Waals surface area contributed by atoms with Crippen LogP contribution in [0.4, 0.5) is 4.79 Å². The maximum atomic E-state index is 11.9. The summed E-state index contributed by atoms with van der Waals surface area (Å²) in [6, 6.07) is 6.50. The number of nitrogens with one attached hydrogen (secondary N) is 2.